The number of nitrogens with one attached hydrogen (secondary N) is 2. The van der Waals surface area contributed by atoms with Gasteiger partial charge in [0.2, 0.25) is 0 Å². The Balaban J connectivity index is 1.58. The second-order valence-corrected chi connectivity index (χ2v) is 8.22. The highest BCUT2D eigenvalue weighted by Crippen LogP contribution is 2.31. The maximum Gasteiger partial charge on any atom is 0.338 e. The third kappa shape index (κ3) is 4.47. The second kappa shape index (κ2) is 9.28. The van der Waals surface area contributed by atoms with Gasteiger partial charge in [0, 0.05) is 30.2 Å². The third-order valence-corrected chi connectivity index (χ3v) is 6.23. The van der Waals surface area contributed by atoms with E-state index >= 15 is 0 Å². The Bertz CT molecular complexity index is 967. The summed E-state index contributed by atoms with van der Waals surface area (Å²) >= 11 is 1.51. The summed E-state index contributed by atoms with van der Waals surface area (Å²) in [4.78, 5) is 28.3. The van der Waals surface area contributed by atoms with E-state index in [1.807, 2.05) is 35.7 Å². The smallest absolute Gasteiger partial charge is 0.338 e. The molecule has 2 aliphatic heterocycles. The molecule has 6 nitrogen and oxygen atoms in total. The lowest BCUT2D eigenvalue weighted by Crippen LogP contribution is -2.48. The van der Waals surface area contributed by atoms with Crippen LogP contribution in [0.4, 0.5) is 4.79 Å². The first-order valence-corrected chi connectivity index (χ1v) is 11.0. The Morgan fingerprint density at radius 3 is 2.73 bits per heavy atom. The molecule has 1 aromatic heterocycles. The normalized spacial score (nSPS) is 19.7. The predicted octanol–water partition coefficient (Wildman–Crippen LogP) is 3.71. The molecule has 0 aliphatic carbocycles. The minimum atomic E-state index is -0.493. The van der Waals surface area contributed by atoms with Gasteiger partial charge in [-0.05, 0) is 35.9 Å². The molecule has 0 radical (unpaired) electrons. The van der Waals surface area contributed by atoms with Crippen LogP contribution in [0.15, 0.2) is 65.2 Å². The van der Waals surface area contributed by atoms with E-state index in [4.69, 9.17) is 4.74 Å². The summed E-state index contributed by atoms with van der Waals surface area (Å²) in [6, 6.07) is 13.4. The Kier molecular flexibility index (Phi) is 6.30. The van der Waals surface area contributed by atoms with Gasteiger partial charge in [0.1, 0.15) is 0 Å². The number of hydrogen-bond acceptors (Lipinski definition) is 5. The number of amides is 2. The highest BCUT2D eigenvalue weighted by atomic mass is 32.1. The first-order valence-electron chi connectivity index (χ1n) is 10.1. The van der Waals surface area contributed by atoms with Crippen LogP contribution in [0.3, 0.4) is 0 Å². The van der Waals surface area contributed by atoms with Gasteiger partial charge in [0.15, 0.2) is 0 Å². The van der Waals surface area contributed by atoms with Crippen molar-refractivity contribution in [2.45, 2.75) is 19.4 Å². The van der Waals surface area contributed by atoms with Crippen LogP contribution >= 0.6 is 11.3 Å². The largest absolute Gasteiger partial charge is 0.463 e. The van der Waals surface area contributed by atoms with Crippen LogP contribution in [0.1, 0.15) is 29.8 Å². The molecule has 0 fully saturated rings. The van der Waals surface area contributed by atoms with Gasteiger partial charge >= 0.3 is 12.0 Å². The summed E-state index contributed by atoms with van der Waals surface area (Å²) in [6.45, 7) is 4.17. The van der Waals surface area contributed by atoms with Gasteiger partial charge in [0.05, 0.1) is 18.2 Å². The molecule has 1 aromatic carbocycles. The van der Waals surface area contributed by atoms with E-state index in [0.29, 0.717) is 17.8 Å². The van der Waals surface area contributed by atoms with Crippen LogP contribution in [0.2, 0.25) is 0 Å². The predicted molar refractivity (Wildman–Crippen MR) is 118 cm³/mol. The Morgan fingerprint density at radius 1 is 1.23 bits per heavy atom. The van der Waals surface area contributed by atoms with E-state index < -0.39 is 12.0 Å². The van der Waals surface area contributed by atoms with Gasteiger partial charge in [0.25, 0.3) is 0 Å². The van der Waals surface area contributed by atoms with Crippen molar-refractivity contribution in [3.05, 3.63) is 75.6 Å². The first-order chi connectivity index (χ1) is 14.7. The van der Waals surface area contributed by atoms with Crippen LogP contribution in [-0.4, -0.2) is 43.1 Å². The number of thiophene rings is 1. The summed E-state index contributed by atoms with van der Waals surface area (Å²) in [5.74, 6) is -0.393. The van der Waals surface area contributed by atoms with Crippen LogP contribution in [0, 0.1) is 0 Å². The lowest BCUT2D eigenvalue weighted by Gasteiger charge is -2.32. The Labute approximate surface area is 180 Å². The molecule has 4 rings (SSSR count). The average molecular weight is 424 g/mol. The summed E-state index contributed by atoms with van der Waals surface area (Å²) in [5, 5.41) is 7.67. The zero-order valence-electron chi connectivity index (χ0n) is 16.9. The summed E-state index contributed by atoms with van der Waals surface area (Å²) in [6.07, 6.45) is 3.15. The van der Waals surface area contributed by atoms with Crippen molar-refractivity contribution >= 4 is 28.9 Å². The SMILES string of the molecule is CCOC(=O)C1=C(CN2CC=C(c3ccccc3)CC2)NC(=O)N[C@H]1c1cccs1. The lowest BCUT2D eigenvalue weighted by molar-refractivity contribution is -0.139. The quantitative estimate of drug-likeness (QED) is 0.695. The molecule has 0 spiro atoms. The number of carbonyl (C=O) groups is 2. The van der Waals surface area contributed by atoms with Crippen LogP contribution < -0.4 is 10.6 Å². The molecule has 1 atom stereocenters. The van der Waals surface area contributed by atoms with Gasteiger partial charge in [-0.2, -0.15) is 0 Å². The number of urea groups is 1. The molecule has 0 saturated carbocycles. The molecule has 0 bridgehead atoms. The topological polar surface area (TPSA) is 70.7 Å². The van der Waals surface area contributed by atoms with Crippen molar-refractivity contribution in [1.82, 2.24) is 15.5 Å². The molecular weight excluding hydrogens is 398 g/mol. The molecular formula is C23H25N3O3S. The third-order valence-electron chi connectivity index (χ3n) is 5.30. The van der Waals surface area contributed by atoms with Crippen LogP contribution in [0.25, 0.3) is 5.57 Å². The second-order valence-electron chi connectivity index (χ2n) is 7.24. The van der Waals surface area contributed by atoms with E-state index in [1.165, 1.54) is 22.5 Å². The number of esters is 1. The van der Waals surface area contributed by atoms with Crippen LogP contribution in [0.5, 0.6) is 0 Å². The van der Waals surface area contributed by atoms with Gasteiger partial charge in [-0.1, -0.05) is 42.5 Å². The summed E-state index contributed by atoms with van der Waals surface area (Å²) in [5.41, 5.74) is 3.68. The number of rotatable bonds is 6. The fourth-order valence-electron chi connectivity index (χ4n) is 3.85. The fraction of sp³-hybridized carbons (Fsp3) is 0.304. The van der Waals surface area contributed by atoms with Crippen LogP contribution in [-0.2, 0) is 9.53 Å². The number of ether oxygens (including phenoxy) is 1. The molecule has 3 heterocycles. The average Bonchev–Trinajstić information content (AvgIpc) is 3.29. The van der Waals surface area contributed by atoms with Crippen molar-refractivity contribution in [1.29, 1.82) is 0 Å². The van der Waals surface area contributed by atoms with Crippen molar-refractivity contribution in [2.24, 2.45) is 0 Å². The number of carbonyl (C=O) groups excluding carboxylic acids is 2. The van der Waals surface area contributed by atoms with Gasteiger partial charge in [-0.15, -0.1) is 11.3 Å². The molecule has 2 aliphatic rings. The maximum absolute atomic E-state index is 12.8. The zero-order chi connectivity index (χ0) is 20.9. The monoisotopic (exact) mass is 423 g/mol. The Hall–Kier alpha value is -2.90. The van der Waals surface area contributed by atoms with Gasteiger partial charge in [-0.3, -0.25) is 4.90 Å². The van der Waals surface area contributed by atoms with E-state index in [2.05, 4.69) is 33.7 Å². The highest BCUT2D eigenvalue weighted by Gasteiger charge is 2.34. The molecule has 2 aromatic rings. The molecule has 30 heavy (non-hydrogen) atoms. The first kappa shape index (κ1) is 20.4. The molecule has 156 valence electrons. The number of benzene rings is 1. The standard InChI is InChI=1S/C23H25N3O3S/c1-2-29-22(27)20-18(24-23(28)25-21(20)19-9-6-14-30-19)15-26-12-10-17(11-13-26)16-7-4-3-5-8-16/h3-10,14,21H,2,11-13,15H2,1H3,(H2,24,25,28)/t21-/m0/s1. The molecule has 0 unspecified atom stereocenters. The molecule has 2 amide bonds. The van der Waals surface area contributed by atoms with Crippen molar-refractivity contribution in [2.75, 3.05) is 26.2 Å². The summed E-state index contributed by atoms with van der Waals surface area (Å²) < 4.78 is 5.33. The summed E-state index contributed by atoms with van der Waals surface area (Å²) in [7, 11) is 0. The molecule has 0 saturated heterocycles. The minimum Gasteiger partial charge on any atom is -0.463 e. The maximum atomic E-state index is 12.8. The van der Waals surface area contributed by atoms with E-state index in [9.17, 15) is 9.59 Å². The zero-order valence-corrected chi connectivity index (χ0v) is 17.7. The van der Waals surface area contributed by atoms with E-state index in [-0.39, 0.29) is 12.6 Å². The number of hydrogen-bond donors (Lipinski definition) is 2. The Morgan fingerprint density at radius 2 is 2.07 bits per heavy atom. The van der Waals surface area contributed by atoms with Gasteiger partial charge in [-0.25, -0.2) is 9.59 Å². The van der Waals surface area contributed by atoms with E-state index in [0.717, 1.165) is 24.4 Å². The lowest BCUT2D eigenvalue weighted by atomic mass is 9.98. The minimum absolute atomic E-state index is 0.285. The molecule has 7 heteroatoms. The van der Waals surface area contributed by atoms with Crippen molar-refractivity contribution < 1.29 is 14.3 Å². The van der Waals surface area contributed by atoms with E-state index in [1.54, 1.807) is 6.92 Å². The van der Waals surface area contributed by atoms with Crippen molar-refractivity contribution in [3.8, 4) is 0 Å². The highest BCUT2D eigenvalue weighted by molar-refractivity contribution is 7.10. The number of nitrogens with zero attached hydrogens (tertiary/aromatic N) is 1. The van der Waals surface area contributed by atoms with Crippen molar-refractivity contribution in [3.63, 3.8) is 0 Å². The fourth-order valence-corrected chi connectivity index (χ4v) is 4.64. The molecule has 2 N–H and O–H groups in total. The van der Waals surface area contributed by atoms with Gasteiger partial charge < -0.3 is 15.4 Å².